The van der Waals surface area contributed by atoms with Crippen LogP contribution in [0.2, 0.25) is 0 Å². The summed E-state index contributed by atoms with van der Waals surface area (Å²) < 4.78 is 0. The van der Waals surface area contributed by atoms with Gasteiger partial charge in [-0.05, 0) is 48.2 Å². The number of carbonyl (C=O) groups is 2. The molecule has 2 aromatic carbocycles. The molecule has 0 unspecified atom stereocenters. The molecular weight excluding hydrogens is 350 g/mol. The molecule has 5 heteroatoms. The van der Waals surface area contributed by atoms with E-state index in [1.54, 1.807) is 4.90 Å². The third kappa shape index (κ3) is 5.35. The highest BCUT2D eigenvalue weighted by Gasteiger charge is 2.15. The molecule has 0 aliphatic rings. The minimum Gasteiger partial charge on any atom is -0.378 e. The Bertz CT molecular complexity index is 791. The first kappa shape index (κ1) is 21.5. The van der Waals surface area contributed by atoms with Crippen molar-refractivity contribution >= 4 is 28.9 Å². The quantitative estimate of drug-likeness (QED) is 0.743. The minimum atomic E-state index is -0.0771. The smallest absolute Gasteiger partial charge is 0.226 e. The van der Waals surface area contributed by atoms with Gasteiger partial charge in [0.05, 0.1) is 0 Å². The summed E-state index contributed by atoms with van der Waals surface area (Å²) in [7, 11) is 3.95. The van der Waals surface area contributed by atoms with Crippen LogP contribution in [-0.4, -0.2) is 32.5 Å². The predicted molar refractivity (Wildman–Crippen MR) is 117 cm³/mol. The van der Waals surface area contributed by atoms with Crippen molar-refractivity contribution in [1.82, 2.24) is 0 Å². The summed E-state index contributed by atoms with van der Waals surface area (Å²) in [4.78, 5) is 28.4. The van der Waals surface area contributed by atoms with Gasteiger partial charge in [0.1, 0.15) is 0 Å². The highest BCUT2D eigenvalue weighted by atomic mass is 16.2. The fourth-order valence-electron chi connectivity index (χ4n) is 3.22. The number of amides is 2. The van der Waals surface area contributed by atoms with Crippen molar-refractivity contribution in [2.75, 3.05) is 35.8 Å². The Kier molecular flexibility index (Phi) is 7.61. The van der Waals surface area contributed by atoms with Crippen molar-refractivity contribution in [2.45, 2.75) is 40.0 Å². The maximum atomic E-state index is 12.6. The lowest BCUT2D eigenvalue weighted by Gasteiger charge is -2.22. The van der Waals surface area contributed by atoms with Crippen LogP contribution in [0.3, 0.4) is 0 Å². The summed E-state index contributed by atoms with van der Waals surface area (Å²) in [5.74, 6) is -0.152. The van der Waals surface area contributed by atoms with Gasteiger partial charge < -0.3 is 15.1 Å². The average Bonchev–Trinajstić information content (AvgIpc) is 2.68. The molecular formula is C23H31N3O2. The molecule has 0 aromatic heterocycles. The highest BCUT2D eigenvalue weighted by molar-refractivity contribution is 5.95. The Labute approximate surface area is 168 Å². The Morgan fingerprint density at radius 1 is 0.893 bits per heavy atom. The summed E-state index contributed by atoms with van der Waals surface area (Å²) in [6.07, 6.45) is 1.97. The number of nitrogens with zero attached hydrogens (tertiary/aromatic N) is 2. The van der Waals surface area contributed by atoms with Crippen LogP contribution in [-0.2, 0) is 22.4 Å². The van der Waals surface area contributed by atoms with Crippen molar-refractivity contribution in [1.29, 1.82) is 0 Å². The predicted octanol–water partition coefficient (Wildman–Crippen LogP) is 4.26. The Balaban J connectivity index is 2.08. The number of para-hydroxylation sites is 1. The fourth-order valence-corrected chi connectivity index (χ4v) is 3.22. The summed E-state index contributed by atoms with van der Waals surface area (Å²) in [5, 5.41) is 3.07. The van der Waals surface area contributed by atoms with E-state index in [0.29, 0.717) is 6.54 Å². The monoisotopic (exact) mass is 381 g/mol. The van der Waals surface area contributed by atoms with Crippen LogP contribution in [0.25, 0.3) is 0 Å². The van der Waals surface area contributed by atoms with Gasteiger partial charge in [-0.1, -0.05) is 32.0 Å². The molecule has 150 valence electrons. The lowest BCUT2D eigenvalue weighted by Crippen LogP contribution is -2.32. The molecule has 0 bridgehead atoms. The number of benzene rings is 2. The van der Waals surface area contributed by atoms with Gasteiger partial charge in [0.25, 0.3) is 0 Å². The van der Waals surface area contributed by atoms with Crippen molar-refractivity contribution in [2.24, 2.45) is 0 Å². The normalized spacial score (nSPS) is 10.5. The van der Waals surface area contributed by atoms with Gasteiger partial charge in [-0.15, -0.1) is 0 Å². The summed E-state index contributed by atoms with van der Waals surface area (Å²) in [5.41, 5.74) is 5.05. The van der Waals surface area contributed by atoms with Crippen LogP contribution in [0, 0.1) is 0 Å². The van der Waals surface area contributed by atoms with E-state index >= 15 is 0 Å². The van der Waals surface area contributed by atoms with E-state index < -0.39 is 0 Å². The van der Waals surface area contributed by atoms with Gasteiger partial charge in [0.2, 0.25) is 11.8 Å². The molecule has 0 atom stereocenters. The van der Waals surface area contributed by atoms with E-state index in [9.17, 15) is 9.59 Å². The molecule has 0 saturated heterocycles. The first-order valence-electron chi connectivity index (χ1n) is 9.83. The summed E-state index contributed by atoms with van der Waals surface area (Å²) in [6.45, 7) is 6.04. The zero-order chi connectivity index (χ0) is 20.7. The largest absolute Gasteiger partial charge is 0.378 e. The Hall–Kier alpha value is -2.82. The van der Waals surface area contributed by atoms with E-state index in [2.05, 4.69) is 19.2 Å². The highest BCUT2D eigenvalue weighted by Crippen LogP contribution is 2.23. The molecule has 0 radical (unpaired) electrons. The van der Waals surface area contributed by atoms with Crippen LogP contribution < -0.4 is 15.1 Å². The summed E-state index contributed by atoms with van der Waals surface area (Å²) in [6, 6.07) is 13.9. The van der Waals surface area contributed by atoms with Crippen LogP contribution in [0.1, 0.15) is 38.3 Å². The second kappa shape index (κ2) is 9.93. The van der Waals surface area contributed by atoms with E-state index in [4.69, 9.17) is 0 Å². The topological polar surface area (TPSA) is 52.7 Å². The van der Waals surface area contributed by atoms with Crippen LogP contribution in [0.15, 0.2) is 42.5 Å². The second-order valence-electron chi connectivity index (χ2n) is 7.04. The third-order valence-electron chi connectivity index (χ3n) is 4.88. The van der Waals surface area contributed by atoms with Crippen LogP contribution in [0.5, 0.6) is 0 Å². The third-order valence-corrected chi connectivity index (χ3v) is 4.88. The van der Waals surface area contributed by atoms with Crippen LogP contribution >= 0.6 is 0 Å². The maximum Gasteiger partial charge on any atom is 0.226 e. The fraction of sp³-hybridized carbons (Fsp3) is 0.391. The number of aryl methyl sites for hydroxylation is 2. The van der Waals surface area contributed by atoms with Gasteiger partial charge >= 0.3 is 0 Å². The number of hydrogen-bond acceptors (Lipinski definition) is 3. The number of rotatable bonds is 8. The number of hydrogen-bond donors (Lipinski definition) is 1. The van der Waals surface area contributed by atoms with E-state index in [1.165, 1.54) is 6.92 Å². The first-order valence-corrected chi connectivity index (χ1v) is 9.83. The van der Waals surface area contributed by atoms with Crippen molar-refractivity contribution in [3.05, 3.63) is 53.6 Å². The molecule has 0 heterocycles. The number of carbonyl (C=O) groups excluding carboxylic acids is 2. The number of anilines is 3. The molecule has 5 nitrogen and oxygen atoms in total. The zero-order valence-corrected chi connectivity index (χ0v) is 17.6. The van der Waals surface area contributed by atoms with Crippen molar-refractivity contribution in [3.8, 4) is 0 Å². The van der Waals surface area contributed by atoms with Gasteiger partial charge in [0, 0.05) is 51.0 Å². The maximum absolute atomic E-state index is 12.6. The van der Waals surface area contributed by atoms with Crippen molar-refractivity contribution < 1.29 is 9.59 Å². The molecule has 0 spiro atoms. The van der Waals surface area contributed by atoms with Crippen LogP contribution in [0.4, 0.5) is 17.1 Å². The van der Waals surface area contributed by atoms with E-state index in [1.807, 2.05) is 61.5 Å². The SMILES string of the molecule is CCc1cccc(CC)c1NC(=O)CCN(C(C)=O)c1ccc(N(C)C)cc1. The molecule has 0 fully saturated rings. The molecule has 1 N–H and O–H groups in total. The zero-order valence-electron chi connectivity index (χ0n) is 17.6. The molecule has 0 aliphatic heterocycles. The van der Waals surface area contributed by atoms with Gasteiger partial charge in [-0.25, -0.2) is 0 Å². The standard InChI is InChI=1S/C23H31N3O2/c1-6-18-9-8-10-19(7-2)23(18)24-22(28)15-16-26(17(3)27)21-13-11-20(12-14-21)25(4)5/h8-14H,6-7,15-16H2,1-5H3,(H,24,28). The first-order chi connectivity index (χ1) is 13.4. The van der Waals surface area contributed by atoms with E-state index in [0.717, 1.165) is 41.0 Å². The molecule has 2 amide bonds. The average molecular weight is 382 g/mol. The second-order valence-corrected chi connectivity index (χ2v) is 7.04. The minimum absolute atomic E-state index is 0.0754. The van der Waals surface area contributed by atoms with Gasteiger partial charge in [-0.3, -0.25) is 9.59 Å². The molecule has 0 saturated carbocycles. The van der Waals surface area contributed by atoms with Crippen molar-refractivity contribution in [3.63, 3.8) is 0 Å². The summed E-state index contributed by atoms with van der Waals surface area (Å²) >= 11 is 0. The van der Waals surface area contributed by atoms with Gasteiger partial charge in [0.15, 0.2) is 0 Å². The Morgan fingerprint density at radius 2 is 1.43 bits per heavy atom. The van der Waals surface area contributed by atoms with E-state index in [-0.39, 0.29) is 18.2 Å². The van der Waals surface area contributed by atoms with Gasteiger partial charge in [-0.2, -0.15) is 0 Å². The Morgan fingerprint density at radius 3 is 1.89 bits per heavy atom. The lowest BCUT2D eigenvalue weighted by atomic mass is 10.0. The molecule has 28 heavy (non-hydrogen) atoms. The number of nitrogens with one attached hydrogen (secondary N) is 1. The molecule has 2 rings (SSSR count). The lowest BCUT2D eigenvalue weighted by molar-refractivity contribution is -0.117. The molecule has 2 aromatic rings. The molecule has 0 aliphatic carbocycles.